The van der Waals surface area contributed by atoms with Gasteiger partial charge in [0, 0.05) is 32.3 Å². The van der Waals surface area contributed by atoms with Gasteiger partial charge in [0.15, 0.2) is 0 Å². The lowest BCUT2D eigenvalue weighted by atomic mass is 10.2. The first kappa shape index (κ1) is 11.3. The van der Waals surface area contributed by atoms with Crippen LogP contribution in [0.4, 0.5) is 0 Å². The molecule has 2 rings (SSSR count). The lowest BCUT2D eigenvalue weighted by molar-refractivity contribution is -0.0264. The monoisotopic (exact) mass is 214 g/mol. The molecule has 0 amide bonds. The Balaban J connectivity index is 1.65. The third-order valence-corrected chi connectivity index (χ3v) is 3.23. The summed E-state index contributed by atoms with van der Waals surface area (Å²) in [6.45, 7) is 9.10. The number of nitrogens with zero attached hydrogens (tertiary/aromatic N) is 1. The molecule has 2 saturated heterocycles. The number of ether oxygens (including phenoxy) is 2. The lowest BCUT2D eigenvalue weighted by Crippen LogP contribution is -2.48. The van der Waals surface area contributed by atoms with E-state index in [9.17, 15) is 0 Å². The smallest absolute Gasteiger partial charge is 0.0826 e. The fraction of sp³-hybridized carbons (Fsp3) is 1.00. The van der Waals surface area contributed by atoms with E-state index in [4.69, 9.17) is 9.47 Å². The third kappa shape index (κ3) is 3.41. The molecule has 4 heteroatoms. The highest BCUT2D eigenvalue weighted by molar-refractivity contribution is 4.77. The second-order valence-corrected chi connectivity index (χ2v) is 4.35. The molecule has 0 spiro atoms. The molecular formula is C11H22N2O2. The zero-order valence-electron chi connectivity index (χ0n) is 9.58. The molecule has 0 radical (unpaired) electrons. The summed E-state index contributed by atoms with van der Waals surface area (Å²) in [7, 11) is 0. The highest BCUT2D eigenvalue weighted by Gasteiger charge is 2.21. The van der Waals surface area contributed by atoms with Crippen molar-refractivity contribution in [1.29, 1.82) is 0 Å². The van der Waals surface area contributed by atoms with Crippen LogP contribution in [-0.4, -0.2) is 63.0 Å². The molecule has 1 N–H and O–H groups in total. The second-order valence-electron chi connectivity index (χ2n) is 4.35. The van der Waals surface area contributed by atoms with Crippen molar-refractivity contribution >= 4 is 0 Å². The maximum absolute atomic E-state index is 5.72. The van der Waals surface area contributed by atoms with Crippen molar-refractivity contribution < 1.29 is 9.47 Å². The Morgan fingerprint density at radius 3 is 3.07 bits per heavy atom. The van der Waals surface area contributed by atoms with Crippen molar-refractivity contribution in [3.63, 3.8) is 0 Å². The van der Waals surface area contributed by atoms with Gasteiger partial charge in [0.05, 0.1) is 19.3 Å². The molecule has 2 fully saturated rings. The maximum atomic E-state index is 5.72. The van der Waals surface area contributed by atoms with Crippen LogP contribution in [0.5, 0.6) is 0 Å². The lowest BCUT2D eigenvalue weighted by Gasteiger charge is -2.32. The van der Waals surface area contributed by atoms with Crippen LogP contribution in [0.1, 0.15) is 13.3 Å². The molecule has 0 aromatic heterocycles. The van der Waals surface area contributed by atoms with Crippen molar-refractivity contribution in [1.82, 2.24) is 10.2 Å². The first-order valence-corrected chi connectivity index (χ1v) is 6.03. The molecule has 0 aromatic rings. The van der Waals surface area contributed by atoms with E-state index in [2.05, 4.69) is 17.1 Å². The first-order chi connectivity index (χ1) is 7.38. The molecule has 15 heavy (non-hydrogen) atoms. The van der Waals surface area contributed by atoms with Gasteiger partial charge < -0.3 is 14.8 Å². The van der Waals surface area contributed by atoms with Gasteiger partial charge in [0.2, 0.25) is 0 Å². The highest BCUT2D eigenvalue weighted by atomic mass is 16.5. The maximum Gasteiger partial charge on any atom is 0.0826 e. The van der Waals surface area contributed by atoms with Gasteiger partial charge in [-0.15, -0.1) is 0 Å². The van der Waals surface area contributed by atoms with Crippen LogP contribution in [0.2, 0.25) is 0 Å². The molecule has 2 heterocycles. The summed E-state index contributed by atoms with van der Waals surface area (Å²) in [6.07, 6.45) is 1.50. The van der Waals surface area contributed by atoms with Crippen molar-refractivity contribution in [3.8, 4) is 0 Å². The van der Waals surface area contributed by atoms with E-state index in [-0.39, 0.29) is 0 Å². The van der Waals surface area contributed by atoms with Crippen molar-refractivity contribution in [2.45, 2.75) is 25.5 Å². The molecule has 2 atom stereocenters. The predicted octanol–water partition coefficient (Wildman–Crippen LogP) is 0.0856. The topological polar surface area (TPSA) is 33.7 Å². The molecular weight excluding hydrogens is 192 g/mol. The van der Waals surface area contributed by atoms with Gasteiger partial charge in [-0.3, -0.25) is 4.90 Å². The normalized spacial score (nSPS) is 33.4. The molecule has 0 aromatic carbocycles. The van der Waals surface area contributed by atoms with E-state index in [1.165, 1.54) is 0 Å². The van der Waals surface area contributed by atoms with E-state index in [0.29, 0.717) is 12.1 Å². The average Bonchev–Trinajstić information content (AvgIpc) is 2.79. The van der Waals surface area contributed by atoms with E-state index < -0.39 is 0 Å². The van der Waals surface area contributed by atoms with Gasteiger partial charge in [0.25, 0.3) is 0 Å². The van der Waals surface area contributed by atoms with Crippen molar-refractivity contribution in [2.24, 2.45) is 0 Å². The van der Waals surface area contributed by atoms with E-state index in [1.54, 1.807) is 0 Å². The van der Waals surface area contributed by atoms with Gasteiger partial charge in [-0.05, 0) is 13.0 Å². The minimum atomic E-state index is 0.360. The Bertz CT molecular complexity index is 183. The Labute approximate surface area is 91.9 Å². The fourth-order valence-corrected chi connectivity index (χ4v) is 2.18. The SMILES string of the molecule is CCN1CCOC(CNC2CCOC2)C1. The minimum absolute atomic E-state index is 0.360. The number of hydrogen-bond donors (Lipinski definition) is 1. The summed E-state index contributed by atoms with van der Waals surface area (Å²) < 4.78 is 11.1. The van der Waals surface area contributed by atoms with Crippen LogP contribution in [-0.2, 0) is 9.47 Å². The Hall–Kier alpha value is -0.160. The number of nitrogens with one attached hydrogen (secondary N) is 1. The highest BCUT2D eigenvalue weighted by Crippen LogP contribution is 2.06. The van der Waals surface area contributed by atoms with Gasteiger partial charge in [-0.25, -0.2) is 0 Å². The molecule has 0 bridgehead atoms. The molecule has 2 aliphatic heterocycles. The zero-order valence-corrected chi connectivity index (χ0v) is 9.58. The van der Waals surface area contributed by atoms with Crippen molar-refractivity contribution in [3.05, 3.63) is 0 Å². The first-order valence-electron chi connectivity index (χ1n) is 6.03. The number of hydrogen-bond acceptors (Lipinski definition) is 4. The minimum Gasteiger partial charge on any atom is -0.380 e. The van der Waals surface area contributed by atoms with Gasteiger partial charge >= 0.3 is 0 Å². The summed E-state index contributed by atoms with van der Waals surface area (Å²) in [5.74, 6) is 0. The van der Waals surface area contributed by atoms with E-state index in [0.717, 1.165) is 52.4 Å². The number of likely N-dealkylation sites (N-methyl/N-ethyl adjacent to an activating group) is 1. The second kappa shape index (κ2) is 5.80. The van der Waals surface area contributed by atoms with Gasteiger partial charge in [0.1, 0.15) is 0 Å². The Morgan fingerprint density at radius 1 is 1.40 bits per heavy atom. The summed E-state index contributed by atoms with van der Waals surface area (Å²) >= 11 is 0. The van der Waals surface area contributed by atoms with Crippen LogP contribution in [0.3, 0.4) is 0 Å². The van der Waals surface area contributed by atoms with E-state index in [1.807, 2.05) is 0 Å². The third-order valence-electron chi connectivity index (χ3n) is 3.23. The Morgan fingerprint density at radius 2 is 2.33 bits per heavy atom. The van der Waals surface area contributed by atoms with Crippen LogP contribution >= 0.6 is 0 Å². The van der Waals surface area contributed by atoms with Crippen LogP contribution in [0.15, 0.2) is 0 Å². The summed E-state index contributed by atoms with van der Waals surface area (Å²) in [5.41, 5.74) is 0. The summed E-state index contributed by atoms with van der Waals surface area (Å²) in [4.78, 5) is 2.45. The van der Waals surface area contributed by atoms with Crippen LogP contribution in [0, 0.1) is 0 Å². The molecule has 2 aliphatic rings. The van der Waals surface area contributed by atoms with Crippen molar-refractivity contribution in [2.75, 3.05) is 46.0 Å². The number of morpholine rings is 1. The summed E-state index contributed by atoms with van der Waals surface area (Å²) in [6, 6.07) is 0.547. The van der Waals surface area contributed by atoms with Crippen LogP contribution in [0.25, 0.3) is 0 Å². The largest absolute Gasteiger partial charge is 0.380 e. The predicted molar refractivity (Wildman–Crippen MR) is 59.1 cm³/mol. The zero-order chi connectivity index (χ0) is 10.5. The molecule has 2 unspecified atom stereocenters. The summed E-state index contributed by atoms with van der Waals surface area (Å²) in [5, 5.41) is 3.52. The fourth-order valence-electron chi connectivity index (χ4n) is 2.18. The Kier molecular flexibility index (Phi) is 4.38. The standard InChI is InChI=1S/C11H22N2O2/c1-2-13-4-6-15-11(8-13)7-12-10-3-5-14-9-10/h10-12H,2-9H2,1H3. The number of rotatable bonds is 4. The van der Waals surface area contributed by atoms with Crippen LogP contribution < -0.4 is 5.32 Å². The molecule has 4 nitrogen and oxygen atoms in total. The quantitative estimate of drug-likeness (QED) is 0.719. The molecule has 0 aliphatic carbocycles. The molecule has 0 saturated carbocycles. The van der Waals surface area contributed by atoms with Gasteiger partial charge in [-0.1, -0.05) is 6.92 Å². The van der Waals surface area contributed by atoms with Gasteiger partial charge in [-0.2, -0.15) is 0 Å². The molecule has 88 valence electrons. The average molecular weight is 214 g/mol. The van der Waals surface area contributed by atoms with E-state index >= 15 is 0 Å².